The fraction of sp³-hybridized carbons (Fsp3) is 0.200. The number of aliphatic imine (C=N–C) groups is 1. The molecule has 0 fully saturated rings. The first-order chi connectivity index (χ1) is 10.9. The Hall–Kier alpha value is -2.48. The molecule has 2 aromatic rings. The Bertz CT molecular complexity index is 838. The summed E-state index contributed by atoms with van der Waals surface area (Å²) in [5.74, 6) is 0. The van der Waals surface area contributed by atoms with Gasteiger partial charge in [0.05, 0.1) is 11.2 Å². The lowest BCUT2D eigenvalue weighted by molar-refractivity contribution is 0.974. The quantitative estimate of drug-likeness (QED) is 0.794. The van der Waals surface area contributed by atoms with Gasteiger partial charge in [0.1, 0.15) is 0 Å². The van der Waals surface area contributed by atoms with E-state index in [9.17, 15) is 0 Å². The van der Waals surface area contributed by atoms with Crippen LogP contribution in [-0.4, -0.2) is 10.7 Å². The van der Waals surface area contributed by atoms with Crippen molar-refractivity contribution in [2.75, 3.05) is 0 Å². The summed E-state index contributed by atoms with van der Waals surface area (Å²) in [6.07, 6.45) is 12.7. The van der Waals surface area contributed by atoms with Gasteiger partial charge in [-0.1, -0.05) is 48.6 Å². The number of nitrogens with zero attached hydrogens (tertiary/aromatic N) is 2. The number of rotatable bonds is 4. The highest BCUT2D eigenvalue weighted by Crippen LogP contribution is 2.26. The molecule has 1 aromatic carbocycles. The lowest BCUT2D eigenvalue weighted by Crippen LogP contribution is -1.99. The normalized spacial score (nSPS) is 16.8. The lowest BCUT2D eigenvalue weighted by atomic mass is 10.1. The molecule has 1 aromatic heterocycles. The first-order valence-electron chi connectivity index (χ1n) is 7.86. The number of allylic oxidation sites excluding steroid dienone is 5. The number of aromatic nitrogens is 1. The predicted octanol–water partition coefficient (Wildman–Crippen LogP) is 4.78. The Morgan fingerprint density at radius 1 is 0.955 bits per heavy atom. The summed E-state index contributed by atoms with van der Waals surface area (Å²) in [6.45, 7) is 0. The Kier molecular flexibility index (Phi) is 3.43. The van der Waals surface area contributed by atoms with E-state index in [-0.39, 0.29) is 0 Å². The number of pyridine rings is 1. The minimum absolute atomic E-state index is 0.960. The molecule has 0 N–H and O–H groups in total. The van der Waals surface area contributed by atoms with Gasteiger partial charge in [-0.05, 0) is 37.0 Å². The third-order valence-corrected chi connectivity index (χ3v) is 4.24. The number of hydrogen-bond donors (Lipinski definition) is 0. The van der Waals surface area contributed by atoms with Crippen LogP contribution in [0.2, 0.25) is 0 Å². The van der Waals surface area contributed by atoms with Crippen LogP contribution in [0.5, 0.6) is 0 Å². The highest BCUT2D eigenvalue weighted by atomic mass is 14.8. The average molecular weight is 286 g/mol. The van der Waals surface area contributed by atoms with E-state index in [4.69, 9.17) is 9.98 Å². The Morgan fingerprint density at radius 3 is 2.82 bits per heavy atom. The molecule has 2 nitrogen and oxygen atoms in total. The molecule has 22 heavy (non-hydrogen) atoms. The fourth-order valence-corrected chi connectivity index (χ4v) is 2.99. The van der Waals surface area contributed by atoms with Crippen molar-refractivity contribution in [3.05, 3.63) is 77.7 Å². The molecule has 0 saturated heterocycles. The average Bonchev–Trinajstić information content (AvgIpc) is 3.24. The van der Waals surface area contributed by atoms with Gasteiger partial charge < -0.3 is 0 Å². The molecule has 0 atom stereocenters. The summed E-state index contributed by atoms with van der Waals surface area (Å²) < 4.78 is 0. The molecule has 2 heterocycles. The van der Waals surface area contributed by atoms with Crippen LogP contribution < -0.4 is 0 Å². The number of para-hydroxylation sites is 1. The predicted molar refractivity (Wildman–Crippen MR) is 92.0 cm³/mol. The Balaban J connectivity index is 1.43. The van der Waals surface area contributed by atoms with Crippen LogP contribution >= 0.6 is 0 Å². The van der Waals surface area contributed by atoms with Gasteiger partial charge in [-0.3, -0.25) is 9.98 Å². The molecule has 1 aliphatic heterocycles. The molecule has 0 amide bonds. The van der Waals surface area contributed by atoms with E-state index in [1.165, 1.54) is 22.4 Å². The zero-order valence-corrected chi connectivity index (χ0v) is 12.5. The number of aryl methyl sites for hydroxylation is 1. The number of hydrogen-bond acceptors (Lipinski definition) is 2. The second-order valence-electron chi connectivity index (χ2n) is 5.79. The standard InChI is InChI=1S/C20H18N2/c1-2-6-15(5-1)20-14-13-18(22-20)12-11-17-10-9-16-7-3-4-8-19(16)21-17/h1-5,7-10,14H,6,11-13H2. The van der Waals surface area contributed by atoms with E-state index in [1.54, 1.807) is 0 Å². The second kappa shape index (κ2) is 5.72. The molecule has 2 heteroatoms. The summed E-state index contributed by atoms with van der Waals surface area (Å²) in [5.41, 5.74) is 6.02. The van der Waals surface area contributed by atoms with Crippen LogP contribution in [-0.2, 0) is 6.42 Å². The van der Waals surface area contributed by atoms with E-state index in [2.05, 4.69) is 54.6 Å². The lowest BCUT2D eigenvalue weighted by Gasteiger charge is -2.03. The van der Waals surface area contributed by atoms with E-state index < -0.39 is 0 Å². The van der Waals surface area contributed by atoms with Crippen LogP contribution in [0, 0.1) is 0 Å². The van der Waals surface area contributed by atoms with Crippen LogP contribution in [0.3, 0.4) is 0 Å². The van der Waals surface area contributed by atoms with E-state index in [0.29, 0.717) is 0 Å². The molecule has 0 radical (unpaired) electrons. The van der Waals surface area contributed by atoms with Gasteiger partial charge in [-0.15, -0.1) is 0 Å². The molecule has 2 aliphatic rings. The van der Waals surface area contributed by atoms with Crippen molar-refractivity contribution < 1.29 is 0 Å². The maximum absolute atomic E-state index is 4.79. The summed E-state index contributed by atoms with van der Waals surface area (Å²) >= 11 is 0. The molecular formula is C20H18N2. The molecule has 0 saturated carbocycles. The van der Waals surface area contributed by atoms with Gasteiger partial charge in [0.2, 0.25) is 0 Å². The highest BCUT2D eigenvalue weighted by molar-refractivity contribution is 5.90. The maximum Gasteiger partial charge on any atom is 0.0705 e. The summed E-state index contributed by atoms with van der Waals surface area (Å²) in [7, 11) is 0. The SMILES string of the molecule is C1=CCC(C2=CCC(CCc3ccc4ccccc4n3)=N2)=C1. The summed E-state index contributed by atoms with van der Waals surface area (Å²) in [4.78, 5) is 9.53. The smallest absolute Gasteiger partial charge is 0.0705 e. The van der Waals surface area contributed by atoms with Gasteiger partial charge in [-0.2, -0.15) is 0 Å². The van der Waals surface area contributed by atoms with Gasteiger partial charge in [0.25, 0.3) is 0 Å². The van der Waals surface area contributed by atoms with Crippen LogP contribution in [0.25, 0.3) is 10.9 Å². The van der Waals surface area contributed by atoms with Crippen molar-refractivity contribution >= 4 is 16.6 Å². The van der Waals surface area contributed by atoms with Gasteiger partial charge >= 0.3 is 0 Å². The van der Waals surface area contributed by atoms with E-state index >= 15 is 0 Å². The summed E-state index contributed by atoms with van der Waals surface area (Å²) in [6, 6.07) is 12.6. The summed E-state index contributed by atoms with van der Waals surface area (Å²) in [5, 5.41) is 1.20. The van der Waals surface area contributed by atoms with Crippen molar-refractivity contribution in [3.8, 4) is 0 Å². The van der Waals surface area contributed by atoms with Gasteiger partial charge in [0.15, 0.2) is 0 Å². The molecule has 108 valence electrons. The monoisotopic (exact) mass is 286 g/mol. The van der Waals surface area contributed by atoms with Crippen LogP contribution in [0.15, 0.2) is 77.0 Å². The number of fused-ring (bicyclic) bond motifs is 1. The Morgan fingerprint density at radius 2 is 1.91 bits per heavy atom. The van der Waals surface area contributed by atoms with E-state index in [0.717, 1.165) is 36.9 Å². The highest BCUT2D eigenvalue weighted by Gasteiger charge is 2.13. The maximum atomic E-state index is 4.79. The zero-order valence-electron chi connectivity index (χ0n) is 12.5. The minimum Gasteiger partial charge on any atom is -0.258 e. The first-order valence-corrected chi connectivity index (χ1v) is 7.86. The second-order valence-corrected chi connectivity index (χ2v) is 5.79. The molecule has 4 rings (SSSR count). The van der Waals surface area contributed by atoms with Crippen molar-refractivity contribution in [1.29, 1.82) is 0 Å². The third kappa shape index (κ3) is 2.64. The molecule has 0 unspecified atom stereocenters. The molecule has 0 bridgehead atoms. The van der Waals surface area contributed by atoms with Crippen LogP contribution in [0.4, 0.5) is 0 Å². The third-order valence-electron chi connectivity index (χ3n) is 4.24. The topological polar surface area (TPSA) is 25.2 Å². The largest absolute Gasteiger partial charge is 0.258 e. The van der Waals surface area contributed by atoms with Crippen molar-refractivity contribution in [3.63, 3.8) is 0 Å². The molecule has 1 aliphatic carbocycles. The van der Waals surface area contributed by atoms with Gasteiger partial charge in [0, 0.05) is 23.2 Å². The van der Waals surface area contributed by atoms with E-state index in [1.807, 2.05) is 6.07 Å². The van der Waals surface area contributed by atoms with Gasteiger partial charge in [-0.25, -0.2) is 0 Å². The number of benzene rings is 1. The van der Waals surface area contributed by atoms with Crippen molar-refractivity contribution in [1.82, 2.24) is 4.98 Å². The van der Waals surface area contributed by atoms with Crippen LogP contribution in [0.1, 0.15) is 25.0 Å². The molecule has 0 spiro atoms. The Labute approximate surface area is 130 Å². The fourth-order valence-electron chi connectivity index (χ4n) is 2.99. The minimum atomic E-state index is 0.960. The van der Waals surface area contributed by atoms with Crippen molar-refractivity contribution in [2.45, 2.75) is 25.7 Å². The zero-order chi connectivity index (χ0) is 14.8. The first kappa shape index (κ1) is 13.2. The molecular weight excluding hydrogens is 268 g/mol. The van der Waals surface area contributed by atoms with Crippen molar-refractivity contribution in [2.24, 2.45) is 4.99 Å².